The van der Waals surface area contributed by atoms with Gasteiger partial charge in [0.25, 0.3) is 0 Å². The highest BCUT2D eigenvalue weighted by atomic mass is 16.5. The number of carboxylic acids is 1. The molecule has 1 fully saturated rings. The number of rotatable bonds is 6. The van der Waals surface area contributed by atoms with Gasteiger partial charge in [-0.25, -0.2) is 9.59 Å². The van der Waals surface area contributed by atoms with E-state index in [0.717, 1.165) is 61.1 Å². The molecule has 1 saturated heterocycles. The minimum atomic E-state index is -1.06. The van der Waals surface area contributed by atoms with Crippen molar-refractivity contribution in [3.8, 4) is 0 Å². The van der Waals surface area contributed by atoms with Crippen molar-refractivity contribution >= 4 is 39.5 Å². The summed E-state index contributed by atoms with van der Waals surface area (Å²) in [5.74, 6) is -1.42. The topological polar surface area (TPSA) is 99.0 Å². The van der Waals surface area contributed by atoms with Crippen molar-refractivity contribution in [1.82, 2.24) is 9.88 Å². The van der Waals surface area contributed by atoms with E-state index in [4.69, 9.17) is 14.3 Å². The normalized spacial score (nSPS) is 14.8. The molecule has 2 aromatic carbocycles. The van der Waals surface area contributed by atoms with Crippen LogP contribution in [0.4, 0.5) is 5.69 Å². The van der Waals surface area contributed by atoms with E-state index < -0.39 is 5.97 Å². The van der Waals surface area contributed by atoms with E-state index in [1.807, 2.05) is 36.5 Å². The molecule has 0 atom stereocenters. The maximum atomic E-state index is 11.9. The number of nitrogens with one attached hydrogen (secondary N) is 1. The second-order valence-electron chi connectivity index (χ2n) is 8.28. The molecule has 0 unspecified atom stereocenters. The number of anilines is 1. The summed E-state index contributed by atoms with van der Waals surface area (Å²) in [5.41, 5.74) is 4.43. The highest BCUT2D eigenvalue weighted by Crippen LogP contribution is 2.26. The highest BCUT2D eigenvalue weighted by Gasteiger charge is 2.19. The summed E-state index contributed by atoms with van der Waals surface area (Å²) in [5, 5.41) is 11.0. The van der Waals surface area contributed by atoms with Crippen molar-refractivity contribution in [2.24, 2.45) is 0 Å². The first-order chi connectivity index (χ1) is 16.0. The number of nitrogens with zero attached hydrogens (tertiary/aromatic N) is 2. The predicted molar refractivity (Wildman–Crippen MR) is 125 cm³/mol. The van der Waals surface area contributed by atoms with E-state index >= 15 is 0 Å². The van der Waals surface area contributed by atoms with Crippen molar-refractivity contribution in [1.29, 1.82) is 0 Å². The van der Waals surface area contributed by atoms with Crippen LogP contribution in [-0.2, 0) is 11.2 Å². The van der Waals surface area contributed by atoms with Crippen LogP contribution in [-0.4, -0.2) is 66.8 Å². The minimum Gasteiger partial charge on any atom is -0.475 e. The largest absolute Gasteiger partial charge is 0.475 e. The monoisotopic (exact) mass is 447 g/mol. The van der Waals surface area contributed by atoms with Crippen LogP contribution >= 0.6 is 0 Å². The fourth-order valence-corrected chi connectivity index (χ4v) is 4.47. The number of methoxy groups -OCH3 is 1. The van der Waals surface area contributed by atoms with Gasteiger partial charge in [-0.05, 0) is 54.4 Å². The number of carbonyl (C=O) groups is 2. The van der Waals surface area contributed by atoms with Gasteiger partial charge >= 0.3 is 11.9 Å². The van der Waals surface area contributed by atoms with Crippen LogP contribution in [0.1, 0.15) is 26.5 Å². The van der Waals surface area contributed by atoms with Crippen LogP contribution in [0.3, 0.4) is 0 Å². The summed E-state index contributed by atoms with van der Waals surface area (Å²) in [7, 11) is 1.39. The SMILES string of the molecule is COC(=O)c1ccc2[nH]cc(CCN3CCN(c4ccc5oc(C(=O)O)cc5c4)CC3)c2c1. The van der Waals surface area contributed by atoms with Crippen LogP contribution in [0, 0.1) is 0 Å². The van der Waals surface area contributed by atoms with Crippen LogP contribution in [0.5, 0.6) is 0 Å². The fraction of sp³-hybridized carbons (Fsp3) is 0.280. The Morgan fingerprint density at radius 2 is 1.91 bits per heavy atom. The van der Waals surface area contributed by atoms with Crippen molar-refractivity contribution in [2.75, 3.05) is 44.7 Å². The lowest BCUT2D eigenvalue weighted by molar-refractivity contribution is 0.0599. The zero-order valence-corrected chi connectivity index (χ0v) is 18.3. The number of fused-ring (bicyclic) bond motifs is 2. The number of aromatic carboxylic acids is 1. The van der Waals surface area contributed by atoms with E-state index in [2.05, 4.69) is 14.8 Å². The molecule has 8 heteroatoms. The molecule has 0 spiro atoms. The molecule has 5 rings (SSSR count). The van der Waals surface area contributed by atoms with Gasteiger partial charge < -0.3 is 24.1 Å². The van der Waals surface area contributed by atoms with Gasteiger partial charge in [-0.3, -0.25) is 4.90 Å². The van der Waals surface area contributed by atoms with Gasteiger partial charge in [-0.15, -0.1) is 0 Å². The molecule has 1 aliphatic rings. The summed E-state index contributed by atoms with van der Waals surface area (Å²) >= 11 is 0. The number of aromatic amines is 1. The van der Waals surface area contributed by atoms with E-state index in [9.17, 15) is 9.59 Å². The number of carbonyl (C=O) groups excluding carboxylic acids is 1. The predicted octanol–water partition coefficient (Wildman–Crippen LogP) is 3.76. The van der Waals surface area contributed by atoms with Crippen molar-refractivity contribution < 1.29 is 23.8 Å². The first-order valence-electron chi connectivity index (χ1n) is 10.9. The zero-order valence-electron chi connectivity index (χ0n) is 18.3. The highest BCUT2D eigenvalue weighted by molar-refractivity contribution is 5.95. The van der Waals surface area contributed by atoms with Crippen LogP contribution in [0.15, 0.2) is 53.1 Å². The third kappa shape index (κ3) is 4.17. The number of aromatic nitrogens is 1. The number of esters is 1. The smallest absolute Gasteiger partial charge is 0.371 e. The number of ether oxygens (including phenoxy) is 1. The van der Waals surface area contributed by atoms with Crippen LogP contribution in [0.25, 0.3) is 21.9 Å². The number of carboxylic acid groups (broad SMARTS) is 1. The third-order valence-corrected chi connectivity index (χ3v) is 6.33. The molecule has 0 amide bonds. The molecule has 33 heavy (non-hydrogen) atoms. The number of benzene rings is 2. The molecule has 4 aromatic rings. The van der Waals surface area contributed by atoms with Crippen molar-refractivity contribution in [2.45, 2.75) is 6.42 Å². The van der Waals surface area contributed by atoms with Gasteiger partial charge in [0.05, 0.1) is 12.7 Å². The molecule has 0 saturated carbocycles. The Morgan fingerprint density at radius 3 is 2.67 bits per heavy atom. The molecule has 0 aliphatic carbocycles. The maximum Gasteiger partial charge on any atom is 0.371 e. The summed E-state index contributed by atoms with van der Waals surface area (Å²) in [6.45, 7) is 4.62. The van der Waals surface area contributed by atoms with Gasteiger partial charge in [0, 0.05) is 60.9 Å². The number of furan rings is 1. The number of hydrogen-bond acceptors (Lipinski definition) is 6. The van der Waals surface area contributed by atoms with Crippen LogP contribution < -0.4 is 4.90 Å². The van der Waals surface area contributed by atoms with Crippen molar-refractivity contribution in [3.05, 3.63) is 65.5 Å². The first-order valence-corrected chi connectivity index (χ1v) is 10.9. The van der Waals surface area contributed by atoms with Crippen LogP contribution in [0.2, 0.25) is 0 Å². The zero-order chi connectivity index (χ0) is 22.9. The van der Waals surface area contributed by atoms with Gasteiger partial charge in [0.2, 0.25) is 5.76 Å². The molecule has 8 nitrogen and oxygen atoms in total. The molecule has 2 aromatic heterocycles. The standard InChI is InChI=1S/C25H25N3O5/c1-32-25(31)16-2-4-21-20(13-16)17(15-26-21)6-7-27-8-10-28(11-9-27)19-3-5-22-18(12-19)14-23(33-22)24(29)30/h2-5,12-15,26H,6-11H2,1H3,(H,29,30). The molecule has 0 radical (unpaired) electrons. The van der Waals surface area contributed by atoms with Gasteiger partial charge in [-0.2, -0.15) is 0 Å². The average Bonchev–Trinajstić information content (AvgIpc) is 3.46. The Hall–Kier alpha value is -3.78. The molecule has 3 heterocycles. The average molecular weight is 447 g/mol. The summed E-state index contributed by atoms with van der Waals surface area (Å²) in [4.78, 5) is 31.1. The maximum absolute atomic E-state index is 11.9. The van der Waals surface area contributed by atoms with E-state index in [1.54, 1.807) is 12.1 Å². The van der Waals surface area contributed by atoms with Crippen molar-refractivity contribution in [3.63, 3.8) is 0 Å². The summed E-state index contributed by atoms with van der Waals surface area (Å²) in [6.07, 6.45) is 2.91. The first kappa shape index (κ1) is 21.1. The molecule has 2 N–H and O–H groups in total. The molecule has 1 aliphatic heterocycles. The fourth-order valence-electron chi connectivity index (χ4n) is 4.47. The summed E-state index contributed by atoms with van der Waals surface area (Å²) in [6, 6.07) is 13.0. The number of piperazine rings is 1. The number of hydrogen-bond donors (Lipinski definition) is 2. The second kappa shape index (κ2) is 8.63. The lowest BCUT2D eigenvalue weighted by Crippen LogP contribution is -2.46. The Morgan fingerprint density at radius 1 is 1.09 bits per heavy atom. The minimum absolute atomic E-state index is 0.0389. The third-order valence-electron chi connectivity index (χ3n) is 6.33. The molecule has 0 bridgehead atoms. The molecular formula is C25H25N3O5. The Labute approximate surface area is 190 Å². The van der Waals surface area contributed by atoms with E-state index in [1.165, 1.54) is 12.7 Å². The molecular weight excluding hydrogens is 422 g/mol. The van der Waals surface area contributed by atoms with Gasteiger partial charge in [0.15, 0.2) is 0 Å². The Balaban J connectivity index is 1.21. The number of H-pyrrole nitrogens is 1. The second-order valence-corrected chi connectivity index (χ2v) is 8.28. The Bertz CT molecular complexity index is 1330. The molecule has 170 valence electrons. The Kier molecular flexibility index (Phi) is 5.51. The van der Waals surface area contributed by atoms with E-state index in [-0.39, 0.29) is 11.7 Å². The summed E-state index contributed by atoms with van der Waals surface area (Å²) < 4.78 is 10.2. The quantitative estimate of drug-likeness (QED) is 0.434. The van der Waals surface area contributed by atoms with E-state index in [0.29, 0.717) is 11.1 Å². The van der Waals surface area contributed by atoms with Gasteiger partial charge in [-0.1, -0.05) is 0 Å². The lowest BCUT2D eigenvalue weighted by Gasteiger charge is -2.36. The lowest BCUT2D eigenvalue weighted by atomic mass is 10.1. The van der Waals surface area contributed by atoms with Gasteiger partial charge in [0.1, 0.15) is 5.58 Å².